The number of rotatable bonds is 6. The number of nitrogens with one attached hydrogen (secondary N) is 2. The first-order valence-electron chi connectivity index (χ1n) is 11.0. The summed E-state index contributed by atoms with van der Waals surface area (Å²) in [5.41, 5.74) is 4.23. The number of para-hydroxylation sites is 3. The van der Waals surface area contributed by atoms with Crippen LogP contribution in [0, 0.1) is 6.92 Å². The average molecular weight is 437 g/mol. The number of hydrogen-bond donors (Lipinski definition) is 2. The SMILES string of the molecule is Cc1cccc(C(C)C)c1NC(=O)CN(C)CC(=O)N1c2ccccc2NC(=O)CC1C. The van der Waals surface area contributed by atoms with Crippen LogP contribution in [0.5, 0.6) is 0 Å². The van der Waals surface area contributed by atoms with E-state index in [4.69, 9.17) is 0 Å². The number of hydrogen-bond acceptors (Lipinski definition) is 4. The highest BCUT2D eigenvalue weighted by atomic mass is 16.2. The standard InChI is InChI=1S/C25H32N4O3/c1-16(2)19-10-8-9-17(3)25(19)27-23(31)14-28(5)15-24(32)29-18(4)13-22(30)26-20-11-6-7-12-21(20)29/h6-12,16,18H,13-15H2,1-5H3,(H,26,30)(H,27,31). The monoisotopic (exact) mass is 436 g/mol. The minimum Gasteiger partial charge on any atom is -0.324 e. The number of nitrogens with zero attached hydrogens (tertiary/aromatic N) is 2. The summed E-state index contributed by atoms with van der Waals surface area (Å²) >= 11 is 0. The van der Waals surface area contributed by atoms with Crippen LogP contribution in [0.1, 0.15) is 44.2 Å². The van der Waals surface area contributed by atoms with Crippen molar-refractivity contribution in [3.63, 3.8) is 0 Å². The highest BCUT2D eigenvalue weighted by Crippen LogP contribution is 2.31. The lowest BCUT2D eigenvalue weighted by molar-refractivity contribution is -0.121. The van der Waals surface area contributed by atoms with Crippen molar-refractivity contribution in [2.45, 2.75) is 46.1 Å². The fourth-order valence-corrected chi connectivity index (χ4v) is 4.10. The van der Waals surface area contributed by atoms with Crippen molar-refractivity contribution in [2.75, 3.05) is 35.7 Å². The molecular formula is C25H32N4O3. The molecule has 1 heterocycles. The van der Waals surface area contributed by atoms with E-state index in [-0.39, 0.29) is 49.2 Å². The zero-order valence-corrected chi connectivity index (χ0v) is 19.4. The van der Waals surface area contributed by atoms with E-state index >= 15 is 0 Å². The van der Waals surface area contributed by atoms with Crippen LogP contribution in [0.3, 0.4) is 0 Å². The van der Waals surface area contributed by atoms with Crippen molar-refractivity contribution in [1.29, 1.82) is 0 Å². The molecule has 7 nitrogen and oxygen atoms in total. The number of likely N-dealkylation sites (N-methyl/N-ethyl adjacent to an activating group) is 1. The molecule has 3 rings (SSSR count). The van der Waals surface area contributed by atoms with E-state index in [1.807, 2.05) is 50.2 Å². The average Bonchev–Trinajstić information content (AvgIpc) is 2.83. The van der Waals surface area contributed by atoms with Gasteiger partial charge in [-0.25, -0.2) is 0 Å². The summed E-state index contributed by atoms with van der Waals surface area (Å²) in [7, 11) is 1.75. The van der Waals surface area contributed by atoms with Crippen LogP contribution < -0.4 is 15.5 Å². The third-order valence-corrected chi connectivity index (χ3v) is 5.64. The second-order valence-electron chi connectivity index (χ2n) is 8.80. The van der Waals surface area contributed by atoms with Gasteiger partial charge in [0, 0.05) is 18.2 Å². The lowest BCUT2D eigenvalue weighted by atomic mass is 9.98. The second kappa shape index (κ2) is 9.96. The third-order valence-electron chi connectivity index (χ3n) is 5.64. The van der Waals surface area contributed by atoms with E-state index in [2.05, 4.69) is 24.5 Å². The number of anilines is 3. The summed E-state index contributed by atoms with van der Waals surface area (Å²) in [6.45, 7) is 8.16. The molecule has 0 fully saturated rings. The molecule has 1 atom stereocenters. The Labute approximate surface area is 189 Å². The van der Waals surface area contributed by atoms with Crippen LogP contribution in [-0.4, -0.2) is 48.8 Å². The molecule has 3 amide bonds. The molecule has 0 saturated heterocycles. The van der Waals surface area contributed by atoms with E-state index in [1.54, 1.807) is 22.9 Å². The quantitative estimate of drug-likeness (QED) is 0.723. The van der Waals surface area contributed by atoms with Gasteiger partial charge in [-0.05, 0) is 50.1 Å². The summed E-state index contributed by atoms with van der Waals surface area (Å²) < 4.78 is 0. The highest BCUT2D eigenvalue weighted by Gasteiger charge is 2.30. The summed E-state index contributed by atoms with van der Waals surface area (Å²) in [6.07, 6.45) is 0.218. The molecule has 1 aliphatic heterocycles. The van der Waals surface area contributed by atoms with Gasteiger partial charge in [0.25, 0.3) is 0 Å². The molecular weight excluding hydrogens is 404 g/mol. The zero-order chi connectivity index (χ0) is 23.4. The molecule has 7 heteroatoms. The molecule has 2 N–H and O–H groups in total. The Kier molecular flexibility index (Phi) is 7.30. The highest BCUT2D eigenvalue weighted by molar-refractivity contribution is 6.05. The maximum Gasteiger partial charge on any atom is 0.241 e. The largest absolute Gasteiger partial charge is 0.324 e. The number of amides is 3. The molecule has 2 aromatic carbocycles. The van der Waals surface area contributed by atoms with E-state index in [1.165, 1.54) is 0 Å². The molecule has 0 aliphatic carbocycles. The predicted octanol–water partition coefficient (Wildman–Crippen LogP) is 3.75. The second-order valence-corrected chi connectivity index (χ2v) is 8.80. The van der Waals surface area contributed by atoms with Gasteiger partial charge in [0.15, 0.2) is 0 Å². The molecule has 0 aromatic heterocycles. The number of carbonyl (C=O) groups is 3. The maximum atomic E-state index is 13.2. The van der Waals surface area contributed by atoms with Gasteiger partial charge in [0.1, 0.15) is 0 Å². The Morgan fingerprint density at radius 3 is 2.59 bits per heavy atom. The van der Waals surface area contributed by atoms with Gasteiger partial charge in [0.2, 0.25) is 17.7 Å². The number of carbonyl (C=O) groups excluding carboxylic acids is 3. The first-order valence-corrected chi connectivity index (χ1v) is 11.0. The van der Waals surface area contributed by atoms with E-state index in [0.29, 0.717) is 11.4 Å². The summed E-state index contributed by atoms with van der Waals surface area (Å²) in [5, 5.41) is 5.88. The van der Waals surface area contributed by atoms with Crippen molar-refractivity contribution < 1.29 is 14.4 Å². The summed E-state index contributed by atoms with van der Waals surface area (Å²) in [6, 6.07) is 13.0. The first-order chi connectivity index (χ1) is 15.2. The Morgan fingerprint density at radius 2 is 1.88 bits per heavy atom. The Bertz CT molecular complexity index is 1020. The predicted molar refractivity (Wildman–Crippen MR) is 128 cm³/mol. The number of aryl methyl sites for hydroxylation is 1. The zero-order valence-electron chi connectivity index (χ0n) is 19.4. The van der Waals surface area contributed by atoms with Crippen LogP contribution in [0.25, 0.3) is 0 Å². The minimum atomic E-state index is -0.283. The molecule has 170 valence electrons. The molecule has 2 aromatic rings. The van der Waals surface area contributed by atoms with Crippen molar-refractivity contribution in [2.24, 2.45) is 0 Å². The van der Waals surface area contributed by atoms with Crippen molar-refractivity contribution >= 4 is 34.8 Å². The maximum absolute atomic E-state index is 13.2. The molecule has 0 saturated carbocycles. The smallest absolute Gasteiger partial charge is 0.241 e. The fraction of sp³-hybridized carbons (Fsp3) is 0.400. The van der Waals surface area contributed by atoms with Crippen molar-refractivity contribution in [3.05, 3.63) is 53.6 Å². The van der Waals surface area contributed by atoms with Crippen molar-refractivity contribution in [1.82, 2.24) is 4.90 Å². The van der Waals surface area contributed by atoms with Gasteiger partial charge >= 0.3 is 0 Å². The van der Waals surface area contributed by atoms with Crippen LogP contribution in [-0.2, 0) is 14.4 Å². The van der Waals surface area contributed by atoms with Gasteiger partial charge in [0.05, 0.1) is 24.5 Å². The topological polar surface area (TPSA) is 81.8 Å². The van der Waals surface area contributed by atoms with E-state index in [0.717, 1.165) is 16.8 Å². The van der Waals surface area contributed by atoms with Gasteiger partial charge in [-0.3, -0.25) is 19.3 Å². The van der Waals surface area contributed by atoms with Crippen LogP contribution in [0.15, 0.2) is 42.5 Å². The van der Waals surface area contributed by atoms with Gasteiger partial charge < -0.3 is 15.5 Å². The Hall–Kier alpha value is -3.19. The molecule has 0 radical (unpaired) electrons. The summed E-state index contributed by atoms with van der Waals surface area (Å²) in [4.78, 5) is 41.4. The van der Waals surface area contributed by atoms with Crippen molar-refractivity contribution in [3.8, 4) is 0 Å². The van der Waals surface area contributed by atoms with Crippen LogP contribution >= 0.6 is 0 Å². The molecule has 0 bridgehead atoms. The minimum absolute atomic E-state index is 0.0606. The molecule has 0 spiro atoms. The normalized spacial score (nSPS) is 15.9. The lowest BCUT2D eigenvalue weighted by Gasteiger charge is -2.29. The Balaban J connectivity index is 1.69. The summed E-state index contributed by atoms with van der Waals surface area (Å²) in [5.74, 6) is -0.161. The Morgan fingerprint density at radius 1 is 1.16 bits per heavy atom. The fourth-order valence-electron chi connectivity index (χ4n) is 4.10. The van der Waals surface area contributed by atoms with E-state index < -0.39 is 0 Å². The van der Waals surface area contributed by atoms with Gasteiger partial charge in [-0.1, -0.05) is 44.2 Å². The number of benzene rings is 2. The number of fused-ring (bicyclic) bond motifs is 1. The molecule has 1 aliphatic rings. The van der Waals surface area contributed by atoms with Gasteiger partial charge in [-0.15, -0.1) is 0 Å². The van der Waals surface area contributed by atoms with Crippen LogP contribution in [0.2, 0.25) is 0 Å². The third kappa shape index (κ3) is 5.34. The molecule has 1 unspecified atom stereocenters. The van der Waals surface area contributed by atoms with Crippen LogP contribution in [0.4, 0.5) is 17.1 Å². The molecule has 32 heavy (non-hydrogen) atoms. The van der Waals surface area contributed by atoms with Gasteiger partial charge in [-0.2, -0.15) is 0 Å². The lowest BCUT2D eigenvalue weighted by Crippen LogP contribution is -2.45. The first kappa shape index (κ1) is 23.5. The van der Waals surface area contributed by atoms with E-state index in [9.17, 15) is 14.4 Å².